The lowest BCUT2D eigenvalue weighted by atomic mass is 10.1. The van der Waals surface area contributed by atoms with E-state index in [4.69, 9.17) is 11.6 Å². The van der Waals surface area contributed by atoms with Crippen LogP contribution in [0, 0.1) is 5.82 Å². The van der Waals surface area contributed by atoms with Gasteiger partial charge in [-0.2, -0.15) is 0 Å². The summed E-state index contributed by atoms with van der Waals surface area (Å²) in [4.78, 5) is 14.5. The Kier molecular flexibility index (Phi) is 6.62. The van der Waals surface area contributed by atoms with Gasteiger partial charge in [0.05, 0.1) is 16.4 Å². The average Bonchev–Trinajstić information content (AvgIpc) is 3.07. The normalized spacial score (nSPS) is 14.1. The van der Waals surface area contributed by atoms with Crippen molar-refractivity contribution < 1.29 is 9.18 Å². The van der Waals surface area contributed by atoms with Crippen LogP contribution in [0.5, 0.6) is 0 Å². The zero-order valence-electron chi connectivity index (χ0n) is 16.9. The first-order valence-corrected chi connectivity index (χ1v) is 10.7. The van der Waals surface area contributed by atoms with Crippen molar-refractivity contribution in [3.63, 3.8) is 0 Å². The van der Waals surface area contributed by atoms with Gasteiger partial charge < -0.3 is 15.5 Å². The van der Waals surface area contributed by atoms with Gasteiger partial charge >= 0.3 is 6.03 Å². The van der Waals surface area contributed by atoms with E-state index in [-0.39, 0.29) is 10.7 Å². The molecule has 2 heterocycles. The zero-order valence-corrected chi connectivity index (χ0v) is 17.7. The lowest BCUT2D eigenvalue weighted by Gasteiger charge is -2.20. The highest BCUT2D eigenvalue weighted by molar-refractivity contribution is 6.33. The molecule has 8 heteroatoms. The van der Waals surface area contributed by atoms with Crippen molar-refractivity contribution in [2.75, 3.05) is 28.6 Å². The molecule has 2 amide bonds. The SMILES string of the molecule is O=C(Nc1ccc(-c2ccc(N3CCCCCC3)nn2)cc1)Nc1c(F)cccc1Cl. The number of nitrogens with one attached hydrogen (secondary N) is 2. The number of urea groups is 1. The molecular weight excluding hydrogens is 417 g/mol. The summed E-state index contributed by atoms with van der Waals surface area (Å²) in [6.45, 7) is 2.04. The van der Waals surface area contributed by atoms with Crippen LogP contribution in [-0.2, 0) is 0 Å². The summed E-state index contributed by atoms with van der Waals surface area (Å²) >= 11 is 5.94. The Bertz CT molecular complexity index is 1010. The van der Waals surface area contributed by atoms with Gasteiger partial charge in [-0.15, -0.1) is 10.2 Å². The Hall–Kier alpha value is -3.19. The molecule has 0 atom stereocenters. The molecule has 2 aromatic carbocycles. The molecule has 6 nitrogen and oxygen atoms in total. The third-order valence-electron chi connectivity index (χ3n) is 5.22. The van der Waals surface area contributed by atoms with E-state index in [1.807, 2.05) is 24.3 Å². The van der Waals surface area contributed by atoms with Crippen molar-refractivity contribution in [2.24, 2.45) is 0 Å². The number of benzene rings is 2. The Morgan fingerprint density at radius 2 is 1.65 bits per heavy atom. The summed E-state index contributed by atoms with van der Waals surface area (Å²) in [6.07, 6.45) is 4.92. The number of carbonyl (C=O) groups excluding carboxylic acids is 1. The standard InChI is InChI=1S/C23H23ClFN5O/c24-18-6-5-7-19(25)22(18)27-23(31)26-17-10-8-16(9-11-17)20-12-13-21(29-28-20)30-14-3-1-2-4-15-30/h5-13H,1-4,14-15H2,(H2,26,27,31). The minimum atomic E-state index is -0.597. The van der Waals surface area contributed by atoms with Crippen LogP contribution >= 0.6 is 11.6 Å². The van der Waals surface area contributed by atoms with Gasteiger partial charge in [-0.1, -0.05) is 42.6 Å². The minimum absolute atomic E-state index is 0.0574. The molecule has 0 saturated carbocycles. The Morgan fingerprint density at radius 1 is 0.903 bits per heavy atom. The number of para-hydroxylation sites is 1. The first kappa shape index (κ1) is 21.1. The van der Waals surface area contributed by atoms with Crippen molar-refractivity contribution in [2.45, 2.75) is 25.7 Å². The van der Waals surface area contributed by atoms with Gasteiger partial charge in [0.2, 0.25) is 0 Å². The summed E-state index contributed by atoms with van der Waals surface area (Å²) in [6, 6.07) is 14.8. The van der Waals surface area contributed by atoms with Crippen molar-refractivity contribution in [3.05, 3.63) is 65.4 Å². The van der Waals surface area contributed by atoms with Crippen molar-refractivity contribution in [1.29, 1.82) is 0 Å². The number of hydrogen-bond donors (Lipinski definition) is 2. The largest absolute Gasteiger partial charge is 0.355 e. The number of carbonyl (C=O) groups is 1. The lowest BCUT2D eigenvalue weighted by Crippen LogP contribution is -2.25. The fourth-order valence-electron chi connectivity index (χ4n) is 3.57. The second kappa shape index (κ2) is 9.75. The fraction of sp³-hybridized carbons (Fsp3) is 0.261. The van der Waals surface area contributed by atoms with E-state index >= 15 is 0 Å². The number of nitrogens with zero attached hydrogens (tertiary/aromatic N) is 3. The summed E-state index contributed by atoms with van der Waals surface area (Å²) < 4.78 is 13.8. The zero-order chi connectivity index (χ0) is 21.6. The minimum Gasteiger partial charge on any atom is -0.355 e. The van der Waals surface area contributed by atoms with Gasteiger partial charge in [0.25, 0.3) is 0 Å². The molecule has 1 saturated heterocycles. The maximum Gasteiger partial charge on any atom is 0.323 e. The van der Waals surface area contributed by atoms with Crippen LogP contribution in [-0.4, -0.2) is 29.3 Å². The van der Waals surface area contributed by atoms with Crippen LogP contribution < -0.4 is 15.5 Å². The average molecular weight is 440 g/mol. The van der Waals surface area contributed by atoms with Gasteiger partial charge in [-0.05, 0) is 49.2 Å². The van der Waals surface area contributed by atoms with E-state index < -0.39 is 11.8 Å². The summed E-state index contributed by atoms with van der Waals surface area (Å²) in [7, 11) is 0. The predicted molar refractivity (Wildman–Crippen MR) is 122 cm³/mol. The highest BCUT2D eigenvalue weighted by atomic mass is 35.5. The van der Waals surface area contributed by atoms with Crippen LogP contribution in [0.15, 0.2) is 54.6 Å². The van der Waals surface area contributed by atoms with E-state index in [1.54, 1.807) is 12.1 Å². The third-order valence-corrected chi connectivity index (χ3v) is 5.54. The number of amides is 2. The van der Waals surface area contributed by atoms with Gasteiger partial charge in [-0.25, -0.2) is 9.18 Å². The molecule has 0 aliphatic carbocycles. The number of anilines is 3. The smallest absolute Gasteiger partial charge is 0.323 e. The number of rotatable bonds is 4. The lowest BCUT2D eigenvalue weighted by molar-refractivity contribution is 0.262. The number of hydrogen-bond acceptors (Lipinski definition) is 4. The molecule has 1 aromatic heterocycles. The van der Waals surface area contributed by atoms with Crippen molar-refractivity contribution >= 4 is 34.8 Å². The van der Waals surface area contributed by atoms with Gasteiger partial charge in [0, 0.05) is 24.3 Å². The van der Waals surface area contributed by atoms with Gasteiger partial charge in [-0.3, -0.25) is 0 Å². The Balaban J connectivity index is 1.39. The molecule has 2 N–H and O–H groups in total. The first-order valence-electron chi connectivity index (χ1n) is 10.3. The van der Waals surface area contributed by atoms with E-state index in [0.29, 0.717) is 5.69 Å². The monoisotopic (exact) mass is 439 g/mol. The highest BCUT2D eigenvalue weighted by Crippen LogP contribution is 2.25. The van der Waals surface area contributed by atoms with Crippen LogP contribution in [0.2, 0.25) is 5.02 Å². The van der Waals surface area contributed by atoms with Crippen LogP contribution in [0.1, 0.15) is 25.7 Å². The Morgan fingerprint density at radius 3 is 2.29 bits per heavy atom. The van der Waals surface area contributed by atoms with E-state index in [1.165, 1.54) is 43.9 Å². The predicted octanol–water partition coefficient (Wildman–Crippen LogP) is 5.96. The van der Waals surface area contributed by atoms with Gasteiger partial charge in [0.1, 0.15) is 5.82 Å². The molecular formula is C23H23ClFN5O. The second-order valence-corrected chi connectivity index (χ2v) is 7.84. The quantitative estimate of drug-likeness (QED) is 0.526. The Labute approximate surface area is 185 Å². The van der Waals surface area contributed by atoms with Gasteiger partial charge in [0.15, 0.2) is 5.82 Å². The summed E-state index contributed by atoms with van der Waals surface area (Å²) in [5.74, 6) is 0.313. The van der Waals surface area contributed by atoms with Crippen molar-refractivity contribution in [1.82, 2.24) is 10.2 Å². The van der Waals surface area contributed by atoms with Crippen LogP contribution in [0.4, 0.5) is 26.4 Å². The van der Waals surface area contributed by atoms with E-state index in [0.717, 1.165) is 30.2 Å². The molecule has 0 unspecified atom stereocenters. The molecule has 1 fully saturated rings. The number of halogens is 2. The van der Waals surface area contributed by atoms with Crippen molar-refractivity contribution in [3.8, 4) is 11.3 Å². The molecule has 4 rings (SSSR count). The first-order chi connectivity index (χ1) is 15.1. The van der Waals surface area contributed by atoms with Crippen LogP contribution in [0.3, 0.4) is 0 Å². The summed E-state index contributed by atoms with van der Waals surface area (Å²) in [5.41, 5.74) is 2.15. The highest BCUT2D eigenvalue weighted by Gasteiger charge is 2.13. The molecule has 3 aromatic rings. The molecule has 1 aliphatic heterocycles. The second-order valence-electron chi connectivity index (χ2n) is 7.43. The van der Waals surface area contributed by atoms with E-state index in [2.05, 4.69) is 25.7 Å². The van der Waals surface area contributed by atoms with E-state index in [9.17, 15) is 9.18 Å². The molecule has 0 bridgehead atoms. The maximum absolute atomic E-state index is 13.8. The maximum atomic E-state index is 13.8. The number of aromatic nitrogens is 2. The van der Waals surface area contributed by atoms with Crippen LogP contribution in [0.25, 0.3) is 11.3 Å². The fourth-order valence-corrected chi connectivity index (χ4v) is 3.78. The third kappa shape index (κ3) is 5.30. The summed E-state index contributed by atoms with van der Waals surface area (Å²) in [5, 5.41) is 14.0. The molecule has 0 radical (unpaired) electrons. The topological polar surface area (TPSA) is 70.2 Å². The molecule has 31 heavy (non-hydrogen) atoms. The molecule has 0 spiro atoms. The molecule has 1 aliphatic rings. The molecule has 160 valence electrons.